The van der Waals surface area contributed by atoms with E-state index in [1.54, 1.807) is 36.4 Å². The SMILES string of the molecule is COc1ccc(C(=O)NCC(=O)OCC(=O)Nc2cc(Cl)ccc2OC)cc1. The predicted octanol–water partition coefficient (Wildman–Crippen LogP) is 2.27. The molecule has 0 heterocycles. The average Bonchev–Trinajstić information content (AvgIpc) is 2.70. The molecular formula is C19H19ClN2O6. The van der Waals surface area contributed by atoms with Crippen molar-refractivity contribution in [2.75, 3.05) is 32.7 Å². The molecule has 9 heteroatoms. The number of nitrogens with one attached hydrogen (secondary N) is 2. The number of esters is 1. The van der Waals surface area contributed by atoms with Crippen molar-refractivity contribution in [2.45, 2.75) is 0 Å². The third-order valence-electron chi connectivity index (χ3n) is 3.55. The Bertz CT molecular complexity index is 854. The van der Waals surface area contributed by atoms with E-state index in [4.69, 9.17) is 25.8 Å². The zero-order valence-electron chi connectivity index (χ0n) is 15.3. The summed E-state index contributed by atoms with van der Waals surface area (Å²) in [7, 11) is 2.97. The Morgan fingerprint density at radius 2 is 1.71 bits per heavy atom. The van der Waals surface area contributed by atoms with Crippen molar-refractivity contribution in [1.29, 1.82) is 0 Å². The van der Waals surface area contributed by atoms with Crippen molar-refractivity contribution in [3.8, 4) is 11.5 Å². The molecule has 0 saturated carbocycles. The van der Waals surface area contributed by atoms with E-state index in [1.807, 2.05) is 0 Å². The van der Waals surface area contributed by atoms with Crippen LogP contribution in [0, 0.1) is 0 Å². The topological polar surface area (TPSA) is 103 Å². The van der Waals surface area contributed by atoms with Gasteiger partial charge in [0.25, 0.3) is 11.8 Å². The van der Waals surface area contributed by atoms with Crippen molar-refractivity contribution in [1.82, 2.24) is 5.32 Å². The molecule has 0 fully saturated rings. The van der Waals surface area contributed by atoms with Crippen LogP contribution in [-0.4, -0.2) is 45.2 Å². The highest BCUT2D eigenvalue weighted by Gasteiger charge is 2.13. The molecule has 0 radical (unpaired) electrons. The van der Waals surface area contributed by atoms with Gasteiger partial charge in [0.2, 0.25) is 0 Å². The van der Waals surface area contributed by atoms with Gasteiger partial charge in [0.15, 0.2) is 6.61 Å². The Morgan fingerprint density at radius 3 is 2.36 bits per heavy atom. The standard InChI is InChI=1S/C19H19ClN2O6/c1-26-14-6-3-12(4-7-14)19(25)21-10-18(24)28-11-17(23)22-15-9-13(20)5-8-16(15)27-2/h3-9H,10-11H2,1-2H3,(H,21,25)(H,22,23). The molecular weight excluding hydrogens is 388 g/mol. The van der Waals surface area contributed by atoms with Gasteiger partial charge in [0, 0.05) is 10.6 Å². The molecule has 0 spiro atoms. The fraction of sp³-hybridized carbons (Fsp3) is 0.211. The van der Waals surface area contributed by atoms with E-state index in [9.17, 15) is 14.4 Å². The number of rotatable bonds is 8. The van der Waals surface area contributed by atoms with Gasteiger partial charge in [-0.1, -0.05) is 11.6 Å². The summed E-state index contributed by atoms with van der Waals surface area (Å²) in [6.45, 7) is -0.897. The number of carbonyl (C=O) groups excluding carboxylic acids is 3. The third-order valence-corrected chi connectivity index (χ3v) is 3.78. The molecule has 0 unspecified atom stereocenters. The van der Waals surface area contributed by atoms with E-state index >= 15 is 0 Å². The van der Waals surface area contributed by atoms with Crippen LogP contribution in [-0.2, 0) is 14.3 Å². The zero-order valence-corrected chi connectivity index (χ0v) is 16.0. The number of methoxy groups -OCH3 is 2. The summed E-state index contributed by atoms with van der Waals surface area (Å²) in [5, 5.41) is 5.36. The van der Waals surface area contributed by atoms with Crippen molar-refractivity contribution in [3.63, 3.8) is 0 Å². The van der Waals surface area contributed by atoms with E-state index in [0.29, 0.717) is 27.8 Å². The fourth-order valence-electron chi connectivity index (χ4n) is 2.16. The Morgan fingerprint density at radius 1 is 1.00 bits per heavy atom. The first-order valence-electron chi connectivity index (χ1n) is 8.14. The highest BCUT2D eigenvalue weighted by atomic mass is 35.5. The van der Waals surface area contributed by atoms with Gasteiger partial charge in [-0.05, 0) is 42.5 Å². The van der Waals surface area contributed by atoms with Crippen LogP contribution in [0.1, 0.15) is 10.4 Å². The summed E-state index contributed by atoms with van der Waals surface area (Å²) in [5.41, 5.74) is 0.711. The van der Waals surface area contributed by atoms with Crippen LogP contribution >= 0.6 is 11.6 Å². The van der Waals surface area contributed by atoms with Gasteiger partial charge in [0.1, 0.15) is 18.0 Å². The van der Waals surface area contributed by atoms with Crippen LogP contribution in [0.3, 0.4) is 0 Å². The van der Waals surface area contributed by atoms with Gasteiger partial charge < -0.3 is 24.8 Å². The first-order valence-corrected chi connectivity index (χ1v) is 8.52. The van der Waals surface area contributed by atoms with Gasteiger partial charge in [-0.15, -0.1) is 0 Å². The molecule has 2 amide bonds. The number of hydrogen-bond acceptors (Lipinski definition) is 6. The minimum absolute atomic E-state index is 0.351. The van der Waals surface area contributed by atoms with Gasteiger partial charge in [-0.25, -0.2) is 0 Å². The van der Waals surface area contributed by atoms with Crippen LogP contribution < -0.4 is 20.1 Å². The van der Waals surface area contributed by atoms with Crippen molar-refractivity contribution in [3.05, 3.63) is 53.1 Å². The van der Waals surface area contributed by atoms with Crippen LogP contribution in [0.5, 0.6) is 11.5 Å². The molecule has 28 heavy (non-hydrogen) atoms. The number of hydrogen-bond donors (Lipinski definition) is 2. The molecule has 0 bridgehead atoms. The van der Waals surface area contributed by atoms with Crippen molar-refractivity contribution < 1.29 is 28.6 Å². The highest BCUT2D eigenvalue weighted by Crippen LogP contribution is 2.27. The Kier molecular flexibility index (Phi) is 7.65. The highest BCUT2D eigenvalue weighted by molar-refractivity contribution is 6.31. The number of anilines is 1. The lowest BCUT2D eigenvalue weighted by molar-refractivity contribution is -0.146. The van der Waals surface area contributed by atoms with Crippen LogP contribution in [0.2, 0.25) is 5.02 Å². The smallest absolute Gasteiger partial charge is 0.325 e. The first-order chi connectivity index (χ1) is 13.4. The van der Waals surface area contributed by atoms with Crippen LogP contribution in [0.25, 0.3) is 0 Å². The summed E-state index contributed by atoms with van der Waals surface area (Å²) >= 11 is 5.88. The normalized spacial score (nSPS) is 9.96. The van der Waals surface area contributed by atoms with Crippen LogP contribution in [0.4, 0.5) is 5.69 Å². The maximum absolute atomic E-state index is 12.0. The largest absolute Gasteiger partial charge is 0.497 e. The molecule has 0 atom stereocenters. The van der Waals surface area contributed by atoms with Gasteiger partial charge in [-0.3, -0.25) is 14.4 Å². The Labute approximate surface area is 166 Å². The lowest BCUT2D eigenvalue weighted by Crippen LogP contribution is -2.32. The zero-order chi connectivity index (χ0) is 20.5. The van der Waals surface area contributed by atoms with Crippen molar-refractivity contribution >= 4 is 35.1 Å². The molecule has 0 aliphatic rings. The molecule has 148 valence electrons. The number of amides is 2. The van der Waals surface area contributed by atoms with Crippen molar-refractivity contribution in [2.24, 2.45) is 0 Å². The number of benzene rings is 2. The fourth-order valence-corrected chi connectivity index (χ4v) is 2.33. The Hall–Kier alpha value is -3.26. The first kappa shape index (κ1) is 21.0. The molecule has 0 aliphatic heterocycles. The quantitative estimate of drug-likeness (QED) is 0.652. The second-order valence-corrected chi connectivity index (χ2v) is 5.90. The second kappa shape index (κ2) is 10.2. The summed E-state index contributed by atoms with van der Waals surface area (Å²) in [6.07, 6.45) is 0. The molecule has 2 rings (SSSR count). The third kappa shape index (κ3) is 6.17. The van der Waals surface area contributed by atoms with Gasteiger partial charge in [0.05, 0.1) is 19.9 Å². The molecule has 2 aromatic carbocycles. The second-order valence-electron chi connectivity index (χ2n) is 5.46. The molecule has 8 nitrogen and oxygen atoms in total. The number of ether oxygens (including phenoxy) is 3. The average molecular weight is 407 g/mol. The predicted molar refractivity (Wildman–Crippen MR) is 103 cm³/mol. The van der Waals surface area contributed by atoms with Gasteiger partial charge in [-0.2, -0.15) is 0 Å². The summed E-state index contributed by atoms with van der Waals surface area (Å²) in [4.78, 5) is 35.6. The van der Waals surface area contributed by atoms with E-state index in [2.05, 4.69) is 10.6 Å². The molecule has 2 N–H and O–H groups in total. The number of halogens is 1. The lowest BCUT2D eigenvalue weighted by Gasteiger charge is -2.11. The maximum Gasteiger partial charge on any atom is 0.325 e. The maximum atomic E-state index is 12.0. The van der Waals surface area contributed by atoms with Gasteiger partial charge >= 0.3 is 5.97 Å². The Balaban J connectivity index is 1.78. The van der Waals surface area contributed by atoms with Crippen LogP contribution in [0.15, 0.2) is 42.5 Å². The van der Waals surface area contributed by atoms with E-state index in [0.717, 1.165) is 0 Å². The lowest BCUT2D eigenvalue weighted by atomic mass is 10.2. The minimum Gasteiger partial charge on any atom is -0.497 e. The van der Waals surface area contributed by atoms with E-state index in [1.165, 1.54) is 20.3 Å². The van der Waals surface area contributed by atoms with E-state index < -0.39 is 24.4 Å². The number of carbonyl (C=O) groups is 3. The van der Waals surface area contributed by atoms with E-state index in [-0.39, 0.29) is 6.54 Å². The molecule has 2 aromatic rings. The monoisotopic (exact) mass is 406 g/mol. The molecule has 0 aliphatic carbocycles. The molecule has 0 aromatic heterocycles. The summed E-state index contributed by atoms with van der Waals surface area (Å²) in [6, 6.07) is 11.1. The molecule has 0 saturated heterocycles. The minimum atomic E-state index is -0.755. The summed E-state index contributed by atoms with van der Waals surface area (Å²) in [5.74, 6) is -0.757. The summed E-state index contributed by atoms with van der Waals surface area (Å²) < 4.78 is 15.0.